The molecule has 1 fully saturated rings. The van der Waals surface area contributed by atoms with E-state index in [-0.39, 0.29) is 48.2 Å². The van der Waals surface area contributed by atoms with Gasteiger partial charge in [0.05, 0.1) is 23.7 Å². The van der Waals surface area contributed by atoms with Gasteiger partial charge in [0.2, 0.25) is 17.4 Å². The summed E-state index contributed by atoms with van der Waals surface area (Å²) in [5, 5.41) is 45.2. The number of nitrogens with one attached hydrogen (secondary N) is 4. The van der Waals surface area contributed by atoms with Crippen molar-refractivity contribution in [3.63, 3.8) is 0 Å². The first-order chi connectivity index (χ1) is 34.9. The van der Waals surface area contributed by atoms with E-state index in [1.165, 1.54) is 12.1 Å². The van der Waals surface area contributed by atoms with Crippen LogP contribution in [0.15, 0.2) is 108 Å². The number of para-hydroxylation sites is 1. The molecule has 23 heteroatoms. The third-order valence-corrected chi connectivity index (χ3v) is 11.4. The van der Waals surface area contributed by atoms with Gasteiger partial charge >= 0.3 is 30.4 Å². The van der Waals surface area contributed by atoms with E-state index in [0.717, 1.165) is 35.3 Å². The highest BCUT2D eigenvalue weighted by Crippen LogP contribution is 2.30. The van der Waals surface area contributed by atoms with E-state index in [9.17, 15) is 55.7 Å². The summed E-state index contributed by atoms with van der Waals surface area (Å²) < 4.78 is 69.2. The summed E-state index contributed by atoms with van der Waals surface area (Å²) in [6.07, 6.45) is -8.30. The molecule has 3 amide bonds. The third-order valence-electron chi connectivity index (χ3n) is 11.4. The van der Waals surface area contributed by atoms with Gasteiger partial charge < -0.3 is 50.6 Å². The van der Waals surface area contributed by atoms with E-state index < -0.39 is 36.5 Å². The number of carboxylic acid groups (broad SMARTS) is 2. The number of aromatic amines is 1. The van der Waals surface area contributed by atoms with Crippen LogP contribution in [-0.2, 0) is 36.8 Å². The quantitative estimate of drug-likeness (QED) is 0.0325. The Morgan fingerprint density at radius 2 is 1.46 bits per heavy atom. The molecule has 0 spiro atoms. The number of alkyl halides is 6. The summed E-state index contributed by atoms with van der Waals surface area (Å²) >= 11 is 0. The lowest BCUT2D eigenvalue weighted by molar-refractivity contribution is -0.193. The first-order valence-corrected chi connectivity index (χ1v) is 23.2. The molecular weight excluding hydrogens is 987 g/mol. The molecule has 0 unspecified atom stereocenters. The van der Waals surface area contributed by atoms with E-state index in [0.29, 0.717) is 73.9 Å². The maximum absolute atomic E-state index is 12.9. The molecule has 1 saturated heterocycles. The van der Waals surface area contributed by atoms with Gasteiger partial charge in [0.25, 0.3) is 0 Å². The maximum Gasteiger partial charge on any atom is 0.490 e. The molecule has 5 aromatic rings. The molecule has 1 aromatic heterocycles. The molecule has 0 bridgehead atoms. The Bertz CT molecular complexity index is 2690. The lowest BCUT2D eigenvalue weighted by atomic mass is 10.0. The number of aromatic hydroxyl groups is 1. The van der Waals surface area contributed by atoms with Crippen molar-refractivity contribution >= 4 is 46.4 Å². The Morgan fingerprint density at radius 1 is 0.838 bits per heavy atom. The van der Waals surface area contributed by atoms with Crippen LogP contribution < -0.4 is 21.5 Å². The number of fused-ring (bicyclic) bond motifs is 1. The highest BCUT2D eigenvalue weighted by atomic mass is 19.4. The standard InChI is InChI=1S/C47H56N6O7.2C2HF3O2/c1-32(49-31-42(55)38-16-18-41(54)46-39(38)17-19-43(56)51-46)28-33-10-8-11-34(29-33)30-44(57)48-23-9-24-52(2)45(58)22-27-53-25-20-36(21-26-53)60-47(59)50-40-15-7-6-14-37(40)35-12-4-3-5-13-35;2*3-2(4,5)1(6)7/h3-8,10-19,29,32,36,42,49,54-55H,9,20-28,30-31H2,1-2H3,(H,48,57)(H,50,59)(H,51,56);2*(H,6,7)/t32-,42-;;/m0../s1. The number of hydrogen-bond donors (Lipinski definition) is 8. The molecule has 4 aromatic carbocycles. The van der Waals surface area contributed by atoms with Crippen molar-refractivity contribution in [2.24, 2.45) is 0 Å². The lowest BCUT2D eigenvalue weighted by Crippen LogP contribution is -2.40. The number of aliphatic hydroxyl groups excluding tert-OH is 1. The minimum Gasteiger partial charge on any atom is -0.506 e. The molecule has 6 rings (SSSR count). The number of anilines is 1. The number of halogens is 6. The maximum atomic E-state index is 12.9. The van der Waals surface area contributed by atoms with Crippen LogP contribution in [0.1, 0.15) is 55.4 Å². The van der Waals surface area contributed by atoms with Crippen molar-refractivity contribution < 1.29 is 75.5 Å². The van der Waals surface area contributed by atoms with Crippen LogP contribution in [0.3, 0.4) is 0 Å². The Hall–Kier alpha value is -7.50. The molecule has 8 N–H and O–H groups in total. The molecule has 0 saturated carbocycles. The number of aliphatic hydroxyl groups is 1. The van der Waals surface area contributed by atoms with Gasteiger partial charge in [-0.15, -0.1) is 0 Å². The Morgan fingerprint density at radius 3 is 2.11 bits per heavy atom. The van der Waals surface area contributed by atoms with Crippen molar-refractivity contribution in [3.05, 3.63) is 130 Å². The smallest absolute Gasteiger partial charge is 0.490 e. The zero-order chi connectivity index (χ0) is 54.6. The number of rotatable bonds is 18. The minimum absolute atomic E-state index is 0.0218. The summed E-state index contributed by atoms with van der Waals surface area (Å²) in [6, 6.07) is 31.6. The Labute approximate surface area is 421 Å². The summed E-state index contributed by atoms with van der Waals surface area (Å²) in [7, 11) is 1.79. The molecule has 2 heterocycles. The predicted molar refractivity (Wildman–Crippen MR) is 261 cm³/mol. The van der Waals surface area contributed by atoms with Crippen molar-refractivity contribution in [2.45, 2.75) is 76.1 Å². The minimum atomic E-state index is -5.08. The van der Waals surface area contributed by atoms with Crippen molar-refractivity contribution in [1.29, 1.82) is 0 Å². The SMILES string of the molecule is C[C@@H](Cc1cccc(CC(=O)NCCCN(C)C(=O)CCN2CCC(OC(=O)Nc3ccccc3-c3ccccc3)CC2)c1)NC[C@H](O)c1ccc(O)c2[nH]c(=O)ccc12.O=C(O)C(F)(F)F.O=C(O)C(F)(F)F. The number of H-pyrrole nitrogens is 1. The number of piperidine rings is 1. The van der Waals surface area contributed by atoms with Crippen molar-refractivity contribution in [1.82, 2.24) is 25.4 Å². The fourth-order valence-electron chi connectivity index (χ4n) is 7.63. The second-order valence-corrected chi connectivity index (χ2v) is 17.2. The summed E-state index contributed by atoms with van der Waals surface area (Å²) in [6.45, 7) is 5.43. The first kappa shape index (κ1) is 59.1. The molecule has 1 aliphatic heterocycles. The fraction of sp³-hybridized carbons (Fsp3) is 0.373. The number of pyridine rings is 1. The molecule has 0 radical (unpaired) electrons. The number of ether oxygens (including phenoxy) is 1. The van der Waals surface area contributed by atoms with Crippen LogP contribution >= 0.6 is 0 Å². The number of hydrogen-bond acceptors (Lipinski definition) is 11. The monoisotopic (exact) mass is 1040 g/mol. The number of nitrogens with zero attached hydrogens (tertiary/aromatic N) is 2. The highest BCUT2D eigenvalue weighted by molar-refractivity contribution is 5.91. The zero-order valence-corrected chi connectivity index (χ0v) is 40.3. The number of amides is 3. The summed E-state index contributed by atoms with van der Waals surface area (Å²) in [5.41, 5.74) is 5.18. The van der Waals surface area contributed by atoms with Crippen LogP contribution in [0, 0.1) is 0 Å². The van der Waals surface area contributed by atoms with Crippen molar-refractivity contribution in [3.8, 4) is 16.9 Å². The summed E-state index contributed by atoms with van der Waals surface area (Å²) in [4.78, 5) is 74.5. The number of phenolic OH excluding ortho intramolecular Hbond substituents is 1. The van der Waals surface area contributed by atoms with Crippen LogP contribution in [-0.4, -0.2) is 136 Å². The van der Waals surface area contributed by atoms with Gasteiger partial charge in [-0.05, 0) is 73.1 Å². The van der Waals surface area contributed by atoms with Crippen LogP contribution in [0.5, 0.6) is 5.75 Å². The number of benzene rings is 4. The average molecular weight is 1050 g/mol. The molecule has 400 valence electrons. The largest absolute Gasteiger partial charge is 0.506 e. The number of aromatic nitrogens is 1. The number of likely N-dealkylation sites (tertiary alicyclic amines) is 1. The fourth-order valence-corrected chi connectivity index (χ4v) is 7.63. The number of carbonyl (C=O) groups is 5. The Kier molecular flexibility index (Phi) is 22.4. The first-order valence-electron chi connectivity index (χ1n) is 23.2. The van der Waals surface area contributed by atoms with E-state index >= 15 is 0 Å². The number of carboxylic acids is 2. The normalized spacial score (nSPS) is 13.7. The van der Waals surface area contributed by atoms with Crippen LogP contribution in [0.2, 0.25) is 0 Å². The molecule has 17 nitrogen and oxygen atoms in total. The molecule has 2 atom stereocenters. The topological polar surface area (TPSA) is 251 Å². The van der Waals surface area contributed by atoms with Gasteiger partial charge in [-0.3, -0.25) is 19.7 Å². The average Bonchev–Trinajstić information content (AvgIpc) is 3.34. The van der Waals surface area contributed by atoms with E-state index in [1.54, 1.807) is 24.1 Å². The van der Waals surface area contributed by atoms with Crippen LogP contribution in [0.25, 0.3) is 22.0 Å². The molecule has 1 aliphatic rings. The van der Waals surface area contributed by atoms with Gasteiger partial charge in [-0.1, -0.05) is 78.9 Å². The highest BCUT2D eigenvalue weighted by Gasteiger charge is 2.39. The second-order valence-electron chi connectivity index (χ2n) is 17.2. The second kappa shape index (κ2) is 28.1. The predicted octanol–water partition coefficient (Wildman–Crippen LogP) is 7.03. The molecule has 0 aliphatic carbocycles. The summed E-state index contributed by atoms with van der Waals surface area (Å²) in [5.74, 6) is -5.60. The van der Waals surface area contributed by atoms with Gasteiger partial charge in [0.15, 0.2) is 0 Å². The number of aliphatic carboxylic acids is 2. The third kappa shape index (κ3) is 19.8. The number of phenols is 1. The lowest BCUT2D eigenvalue weighted by Gasteiger charge is -2.31. The zero-order valence-electron chi connectivity index (χ0n) is 40.3. The van der Waals surface area contributed by atoms with Gasteiger partial charge in [0, 0.05) is 75.8 Å². The van der Waals surface area contributed by atoms with E-state index in [2.05, 4.69) is 25.8 Å². The van der Waals surface area contributed by atoms with Crippen LogP contribution in [0.4, 0.5) is 36.8 Å². The van der Waals surface area contributed by atoms with Gasteiger partial charge in [0.1, 0.15) is 11.9 Å². The van der Waals surface area contributed by atoms with E-state index in [4.69, 9.17) is 24.5 Å². The van der Waals surface area contributed by atoms with E-state index in [1.807, 2.05) is 85.8 Å². The van der Waals surface area contributed by atoms with Crippen molar-refractivity contribution in [2.75, 3.05) is 51.6 Å². The number of carbonyl (C=O) groups excluding carboxylic acids is 3. The van der Waals surface area contributed by atoms with Gasteiger partial charge in [-0.25, -0.2) is 14.4 Å². The molecule has 74 heavy (non-hydrogen) atoms. The Balaban J connectivity index is 0.000000743. The molecular formula is C51H58F6N6O11. The van der Waals surface area contributed by atoms with Gasteiger partial charge in [-0.2, -0.15) is 26.3 Å².